The van der Waals surface area contributed by atoms with E-state index >= 15 is 0 Å². The van der Waals surface area contributed by atoms with E-state index in [-0.39, 0.29) is 11.8 Å². The maximum atomic E-state index is 13.2. The molecule has 0 aliphatic carbocycles. The largest absolute Gasteiger partial charge is 0.497 e. The van der Waals surface area contributed by atoms with Gasteiger partial charge in [-0.2, -0.15) is 0 Å². The summed E-state index contributed by atoms with van der Waals surface area (Å²) >= 11 is 5.43. The molecule has 1 aliphatic heterocycles. The Morgan fingerprint density at radius 3 is 2.31 bits per heavy atom. The Kier molecular flexibility index (Phi) is 7.55. The van der Waals surface area contributed by atoms with E-state index in [1.807, 2.05) is 80.6 Å². The molecule has 0 radical (unpaired) electrons. The lowest BCUT2D eigenvalue weighted by Crippen LogP contribution is -2.45. The van der Waals surface area contributed by atoms with Crippen LogP contribution in [-0.4, -0.2) is 42.2 Å². The number of hydrogen-bond donors (Lipinski definition) is 2. The summed E-state index contributed by atoms with van der Waals surface area (Å²) in [7, 11) is 2.97. The Balaban J connectivity index is 1.46. The Bertz CT molecular complexity index is 1290. The number of carbonyl (C=O) groups excluding carboxylic acids is 2. The van der Waals surface area contributed by atoms with Crippen LogP contribution in [0.5, 0.6) is 5.75 Å². The molecule has 7 nitrogen and oxygen atoms in total. The zero-order valence-corrected chi connectivity index (χ0v) is 21.5. The maximum absolute atomic E-state index is 13.2. The molecule has 4 rings (SSSR count). The number of hydrogen-bond acceptors (Lipinski definition) is 5. The normalized spacial score (nSPS) is 13.2. The van der Waals surface area contributed by atoms with Crippen LogP contribution >= 0.6 is 12.2 Å². The Morgan fingerprint density at radius 1 is 0.944 bits per heavy atom. The van der Waals surface area contributed by atoms with Crippen molar-refractivity contribution in [2.45, 2.75) is 26.4 Å². The van der Waals surface area contributed by atoms with Crippen molar-refractivity contribution in [3.63, 3.8) is 0 Å². The third-order valence-corrected chi connectivity index (χ3v) is 6.36. The number of nitrogens with one attached hydrogen (secondary N) is 2. The Morgan fingerprint density at radius 2 is 1.64 bits per heavy atom. The average molecular weight is 504 g/mol. The molecule has 0 fully saturated rings. The summed E-state index contributed by atoms with van der Waals surface area (Å²) < 4.78 is 10.2. The van der Waals surface area contributed by atoms with E-state index in [1.54, 1.807) is 12.0 Å². The summed E-state index contributed by atoms with van der Waals surface area (Å²) in [6.45, 7) is 4.22. The number of methoxy groups -OCH3 is 2. The molecule has 3 aromatic carbocycles. The first kappa shape index (κ1) is 25.2. The minimum atomic E-state index is -0.613. The van der Waals surface area contributed by atoms with Gasteiger partial charge in [0.25, 0.3) is 5.91 Å². The molecule has 1 aliphatic rings. The summed E-state index contributed by atoms with van der Waals surface area (Å²) in [6.07, 6.45) is 0. The van der Waals surface area contributed by atoms with Crippen molar-refractivity contribution in [2.75, 3.05) is 24.9 Å². The Labute approximate surface area is 216 Å². The zero-order chi connectivity index (χ0) is 25.8. The van der Waals surface area contributed by atoms with E-state index in [2.05, 4.69) is 10.6 Å². The number of ether oxygens (including phenoxy) is 2. The number of amides is 1. The van der Waals surface area contributed by atoms with Crippen molar-refractivity contribution in [1.29, 1.82) is 0 Å². The number of carbonyl (C=O) groups is 2. The highest BCUT2D eigenvalue weighted by molar-refractivity contribution is 7.80. The highest BCUT2D eigenvalue weighted by atomic mass is 32.1. The monoisotopic (exact) mass is 503 g/mol. The predicted octanol–water partition coefficient (Wildman–Crippen LogP) is 5.32. The van der Waals surface area contributed by atoms with Gasteiger partial charge in [0, 0.05) is 29.5 Å². The quantitative estimate of drug-likeness (QED) is 0.333. The van der Waals surface area contributed by atoms with Crippen LogP contribution in [0.3, 0.4) is 0 Å². The molecule has 36 heavy (non-hydrogen) atoms. The number of rotatable bonds is 7. The van der Waals surface area contributed by atoms with Crippen LogP contribution in [0, 0.1) is 5.92 Å². The molecule has 0 aromatic heterocycles. The van der Waals surface area contributed by atoms with Gasteiger partial charge in [-0.15, -0.1) is 0 Å². The van der Waals surface area contributed by atoms with Gasteiger partial charge in [0.2, 0.25) is 0 Å². The van der Waals surface area contributed by atoms with Gasteiger partial charge in [-0.3, -0.25) is 4.79 Å². The van der Waals surface area contributed by atoms with E-state index in [1.165, 1.54) is 7.11 Å². The number of nitrogens with zero attached hydrogens (tertiary/aromatic N) is 1. The molecule has 8 heteroatoms. The van der Waals surface area contributed by atoms with Gasteiger partial charge >= 0.3 is 5.97 Å². The topological polar surface area (TPSA) is 79.9 Å². The van der Waals surface area contributed by atoms with Crippen LogP contribution in [0.15, 0.2) is 66.7 Å². The lowest BCUT2D eigenvalue weighted by atomic mass is 10.00. The highest BCUT2D eigenvalue weighted by Crippen LogP contribution is 2.32. The fraction of sp³-hybridized carbons (Fsp3) is 0.250. The van der Waals surface area contributed by atoms with Crippen LogP contribution < -0.4 is 15.4 Å². The number of anilines is 2. The molecule has 0 saturated heterocycles. The van der Waals surface area contributed by atoms with E-state index in [9.17, 15) is 9.59 Å². The van der Waals surface area contributed by atoms with Gasteiger partial charge in [0.05, 0.1) is 14.2 Å². The van der Waals surface area contributed by atoms with E-state index in [4.69, 9.17) is 21.7 Å². The van der Waals surface area contributed by atoms with Crippen LogP contribution in [0.4, 0.5) is 11.4 Å². The number of fused-ring (bicyclic) bond motifs is 1. The van der Waals surface area contributed by atoms with Crippen molar-refractivity contribution in [1.82, 2.24) is 4.90 Å². The molecular weight excluding hydrogens is 474 g/mol. The van der Waals surface area contributed by atoms with Gasteiger partial charge in [0.1, 0.15) is 11.8 Å². The molecule has 2 N–H and O–H groups in total. The van der Waals surface area contributed by atoms with Gasteiger partial charge in [-0.1, -0.05) is 44.2 Å². The van der Waals surface area contributed by atoms with Gasteiger partial charge in [-0.05, 0) is 65.2 Å². The van der Waals surface area contributed by atoms with Crippen molar-refractivity contribution >= 4 is 40.6 Å². The molecule has 0 spiro atoms. The van der Waals surface area contributed by atoms with Crippen LogP contribution in [0.25, 0.3) is 11.1 Å². The van der Waals surface area contributed by atoms with Crippen LogP contribution in [-0.2, 0) is 16.1 Å². The first-order valence-corrected chi connectivity index (χ1v) is 12.1. The second-order valence-corrected chi connectivity index (χ2v) is 9.31. The summed E-state index contributed by atoms with van der Waals surface area (Å²) in [6, 6.07) is 20.6. The van der Waals surface area contributed by atoms with Crippen molar-refractivity contribution < 1.29 is 19.1 Å². The van der Waals surface area contributed by atoms with Crippen molar-refractivity contribution in [3.8, 4) is 16.9 Å². The standard InChI is InChI=1S/C28H29N3O4S/c1-17(2)25(27(33)35-4)31-16-20-9-8-19(14-24(20)26(31)32)18-10-12-21(13-11-18)29-28(36)30-22-6-5-7-23(15-22)34-3/h5-15,17,25H,16H2,1-4H3,(H2,29,30,36). The van der Waals surface area contributed by atoms with E-state index in [0.717, 1.165) is 33.8 Å². The minimum Gasteiger partial charge on any atom is -0.497 e. The van der Waals surface area contributed by atoms with E-state index in [0.29, 0.717) is 17.2 Å². The second-order valence-electron chi connectivity index (χ2n) is 8.91. The molecule has 1 heterocycles. The lowest BCUT2D eigenvalue weighted by Gasteiger charge is -2.28. The number of thiocarbonyl (C=S) groups is 1. The third kappa shape index (κ3) is 5.33. The average Bonchev–Trinajstić information content (AvgIpc) is 3.19. The second kappa shape index (κ2) is 10.8. The summed E-state index contributed by atoms with van der Waals surface area (Å²) in [5, 5.41) is 6.78. The van der Waals surface area contributed by atoms with Crippen molar-refractivity contribution in [2.24, 2.45) is 5.92 Å². The molecule has 1 atom stereocenters. The molecule has 0 saturated carbocycles. The van der Waals surface area contributed by atoms with Gasteiger partial charge < -0.3 is 25.0 Å². The highest BCUT2D eigenvalue weighted by Gasteiger charge is 2.38. The minimum absolute atomic E-state index is 0.0558. The fourth-order valence-electron chi connectivity index (χ4n) is 4.35. The molecule has 186 valence electrons. The summed E-state index contributed by atoms with van der Waals surface area (Å²) in [4.78, 5) is 27.1. The summed E-state index contributed by atoms with van der Waals surface area (Å²) in [5.74, 6) is 0.143. The van der Waals surface area contributed by atoms with Crippen LogP contribution in [0.2, 0.25) is 0 Å². The van der Waals surface area contributed by atoms with Crippen LogP contribution in [0.1, 0.15) is 29.8 Å². The smallest absolute Gasteiger partial charge is 0.328 e. The maximum Gasteiger partial charge on any atom is 0.328 e. The van der Waals surface area contributed by atoms with E-state index < -0.39 is 12.0 Å². The Hall–Kier alpha value is -3.91. The summed E-state index contributed by atoms with van der Waals surface area (Å²) in [5.41, 5.74) is 5.08. The van der Waals surface area contributed by atoms with Gasteiger partial charge in [-0.25, -0.2) is 4.79 Å². The molecule has 1 amide bonds. The SMILES string of the molecule is COC(=O)C(C(C)C)N1Cc2ccc(-c3ccc(NC(=S)Nc4cccc(OC)c4)cc3)cc2C1=O. The number of esters is 1. The zero-order valence-electron chi connectivity index (χ0n) is 20.7. The predicted molar refractivity (Wildman–Crippen MR) is 145 cm³/mol. The molecule has 0 bridgehead atoms. The first-order valence-electron chi connectivity index (χ1n) is 11.6. The molecule has 3 aromatic rings. The first-order chi connectivity index (χ1) is 17.3. The fourth-order valence-corrected chi connectivity index (χ4v) is 4.58. The molecule has 1 unspecified atom stereocenters. The third-order valence-electron chi connectivity index (χ3n) is 6.16. The number of benzene rings is 3. The molecular formula is C28H29N3O4S. The van der Waals surface area contributed by atoms with Crippen molar-refractivity contribution in [3.05, 3.63) is 77.9 Å². The van der Waals surface area contributed by atoms with Gasteiger partial charge in [0.15, 0.2) is 5.11 Å². The lowest BCUT2D eigenvalue weighted by molar-refractivity contribution is -0.147.